The largest absolute Gasteiger partial charge is 0.492 e. The Morgan fingerprint density at radius 1 is 1.31 bits per heavy atom. The van der Waals surface area contributed by atoms with Crippen LogP contribution in [-0.4, -0.2) is 45.5 Å². The number of aryl methyl sites for hydroxylation is 1. The molecule has 1 aliphatic rings. The molecular weight excluding hydrogens is 372 g/mol. The molecule has 2 heterocycles. The van der Waals surface area contributed by atoms with Gasteiger partial charge in [0.25, 0.3) is 11.5 Å². The molecule has 0 aliphatic heterocycles. The van der Waals surface area contributed by atoms with Crippen LogP contribution < -0.4 is 16.0 Å². The molecule has 1 aliphatic carbocycles. The van der Waals surface area contributed by atoms with Crippen molar-refractivity contribution in [3.05, 3.63) is 68.5 Å². The normalized spacial score (nSPS) is 13.4. The number of hydrogen-bond acceptors (Lipinski definition) is 5. The predicted octanol–water partition coefficient (Wildman–Crippen LogP) is 1.88. The molecule has 1 saturated carbocycles. The molecule has 2 aromatic heterocycles. The van der Waals surface area contributed by atoms with Crippen LogP contribution in [-0.2, 0) is 0 Å². The molecule has 1 N–H and O–H groups in total. The number of nitrogens with one attached hydrogen (secondary N) is 1. The molecule has 0 bridgehead atoms. The lowest BCUT2D eigenvalue weighted by atomic mass is 10.2. The molecule has 150 valence electrons. The molecule has 0 saturated heterocycles. The van der Waals surface area contributed by atoms with E-state index in [0.29, 0.717) is 24.4 Å². The van der Waals surface area contributed by atoms with Gasteiger partial charge in [0, 0.05) is 19.3 Å². The van der Waals surface area contributed by atoms with E-state index in [1.807, 2.05) is 31.2 Å². The van der Waals surface area contributed by atoms with E-state index < -0.39 is 11.2 Å². The van der Waals surface area contributed by atoms with Gasteiger partial charge in [0.15, 0.2) is 0 Å². The molecule has 0 unspecified atom stereocenters. The summed E-state index contributed by atoms with van der Waals surface area (Å²) in [6.07, 6.45) is 3.18. The van der Waals surface area contributed by atoms with Gasteiger partial charge in [0.1, 0.15) is 18.0 Å². The standard InChI is InChI=1S/C21H22N4O4/c1-13-4-3-5-16(10-13)29-9-8-24(2)20(27)14-11-17-18(22-12-14)25(15-6-7-15)21(28)23-19(17)26/h3-5,10-12,15H,6-9H2,1-2H3,(H,23,26,28). The molecule has 1 aromatic carbocycles. The SMILES string of the molecule is Cc1cccc(OCCN(C)C(=O)c2cnc3c(c2)c(=O)[nH]c(=O)n3C2CC2)c1. The van der Waals surface area contributed by atoms with Crippen LogP contribution >= 0.6 is 0 Å². The van der Waals surface area contributed by atoms with Crippen molar-refractivity contribution < 1.29 is 9.53 Å². The fourth-order valence-corrected chi connectivity index (χ4v) is 3.25. The predicted molar refractivity (Wildman–Crippen MR) is 109 cm³/mol. The molecule has 0 spiro atoms. The number of H-pyrrole nitrogens is 1. The van der Waals surface area contributed by atoms with Gasteiger partial charge in [-0.05, 0) is 43.5 Å². The Kier molecular flexibility index (Phi) is 4.92. The molecule has 1 amide bonds. The van der Waals surface area contributed by atoms with Gasteiger partial charge in [-0.3, -0.25) is 19.1 Å². The van der Waals surface area contributed by atoms with Crippen molar-refractivity contribution in [1.82, 2.24) is 19.4 Å². The second-order valence-electron chi connectivity index (χ2n) is 7.35. The van der Waals surface area contributed by atoms with Crippen LogP contribution in [0.2, 0.25) is 0 Å². The third-order valence-corrected chi connectivity index (χ3v) is 4.97. The Morgan fingerprint density at radius 2 is 2.10 bits per heavy atom. The highest BCUT2D eigenvalue weighted by atomic mass is 16.5. The molecule has 0 atom stereocenters. The summed E-state index contributed by atoms with van der Waals surface area (Å²) in [7, 11) is 1.67. The summed E-state index contributed by atoms with van der Waals surface area (Å²) in [5.41, 5.74) is 0.728. The van der Waals surface area contributed by atoms with Crippen molar-refractivity contribution in [3.63, 3.8) is 0 Å². The van der Waals surface area contributed by atoms with Crippen LogP contribution in [0.5, 0.6) is 5.75 Å². The minimum absolute atomic E-state index is 0.0670. The molecular formula is C21H22N4O4. The lowest BCUT2D eigenvalue weighted by Crippen LogP contribution is -2.32. The van der Waals surface area contributed by atoms with Gasteiger partial charge in [0.05, 0.1) is 17.5 Å². The molecule has 3 aromatic rings. The van der Waals surface area contributed by atoms with Crippen LogP contribution in [0.4, 0.5) is 0 Å². The Hall–Kier alpha value is -3.42. The fourth-order valence-electron chi connectivity index (χ4n) is 3.25. The number of fused-ring (bicyclic) bond motifs is 1. The van der Waals surface area contributed by atoms with E-state index in [1.165, 1.54) is 21.7 Å². The summed E-state index contributed by atoms with van der Waals surface area (Å²) in [5.74, 6) is 0.485. The third-order valence-electron chi connectivity index (χ3n) is 4.97. The number of likely N-dealkylation sites (N-methyl/N-ethyl adjacent to an activating group) is 1. The number of aromatic amines is 1. The van der Waals surface area contributed by atoms with Crippen molar-refractivity contribution in [3.8, 4) is 5.75 Å². The first-order valence-electron chi connectivity index (χ1n) is 9.53. The summed E-state index contributed by atoms with van der Waals surface area (Å²) in [6, 6.07) is 9.27. The van der Waals surface area contributed by atoms with Crippen molar-refractivity contribution in [2.75, 3.05) is 20.2 Å². The zero-order valence-electron chi connectivity index (χ0n) is 16.3. The number of pyridine rings is 1. The number of benzene rings is 1. The van der Waals surface area contributed by atoms with E-state index in [1.54, 1.807) is 7.05 Å². The van der Waals surface area contributed by atoms with Gasteiger partial charge in [-0.15, -0.1) is 0 Å². The summed E-state index contributed by atoms with van der Waals surface area (Å²) < 4.78 is 7.20. The minimum Gasteiger partial charge on any atom is -0.492 e. The average molecular weight is 394 g/mol. The van der Waals surface area contributed by atoms with Crippen LogP contribution in [0.25, 0.3) is 11.0 Å². The Bertz CT molecular complexity index is 1190. The summed E-state index contributed by atoms with van der Waals surface area (Å²) >= 11 is 0. The fraction of sp³-hybridized carbons (Fsp3) is 0.333. The Morgan fingerprint density at radius 3 is 2.83 bits per heavy atom. The highest BCUT2D eigenvalue weighted by Gasteiger charge is 2.28. The Balaban J connectivity index is 1.50. The van der Waals surface area contributed by atoms with E-state index in [2.05, 4.69) is 9.97 Å². The van der Waals surface area contributed by atoms with Gasteiger partial charge < -0.3 is 9.64 Å². The van der Waals surface area contributed by atoms with Gasteiger partial charge in [-0.2, -0.15) is 0 Å². The van der Waals surface area contributed by atoms with Crippen LogP contribution in [0.1, 0.15) is 34.8 Å². The van der Waals surface area contributed by atoms with Gasteiger partial charge >= 0.3 is 5.69 Å². The number of aromatic nitrogens is 3. The van der Waals surface area contributed by atoms with E-state index in [-0.39, 0.29) is 17.3 Å². The highest BCUT2D eigenvalue weighted by Crippen LogP contribution is 2.34. The van der Waals surface area contributed by atoms with Gasteiger partial charge in [-0.25, -0.2) is 9.78 Å². The maximum Gasteiger partial charge on any atom is 0.330 e. The first-order chi connectivity index (χ1) is 13.9. The van der Waals surface area contributed by atoms with Crippen molar-refractivity contribution >= 4 is 16.9 Å². The molecule has 29 heavy (non-hydrogen) atoms. The van der Waals surface area contributed by atoms with Crippen molar-refractivity contribution in [2.45, 2.75) is 25.8 Å². The van der Waals surface area contributed by atoms with Gasteiger partial charge in [-0.1, -0.05) is 12.1 Å². The second-order valence-corrected chi connectivity index (χ2v) is 7.35. The monoisotopic (exact) mass is 394 g/mol. The molecule has 1 fully saturated rings. The smallest absolute Gasteiger partial charge is 0.330 e. The van der Waals surface area contributed by atoms with Crippen LogP contribution in [0.3, 0.4) is 0 Å². The molecule has 8 nitrogen and oxygen atoms in total. The zero-order chi connectivity index (χ0) is 20.5. The maximum atomic E-state index is 12.7. The summed E-state index contributed by atoms with van der Waals surface area (Å²) in [4.78, 5) is 45.2. The topological polar surface area (TPSA) is 97.3 Å². The number of rotatable bonds is 6. The molecule has 0 radical (unpaired) electrons. The maximum absolute atomic E-state index is 12.7. The third kappa shape index (κ3) is 3.91. The lowest BCUT2D eigenvalue weighted by Gasteiger charge is -2.18. The van der Waals surface area contributed by atoms with Crippen LogP contribution in [0.15, 0.2) is 46.1 Å². The lowest BCUT2D eigenvalue weighted by molar-refractivity contribution is 0.0773. The number of ether oxygens (including phenoxy) is 1. The quantitative estimate of drug-likeness (QED) is 0.688. The number of carbonyl (C=O) groups excluding carboxylic acids is 1. The first-order valence-corrected chi connectivity index (χ1v) is 9.53. The van der Waals surface area contributed by atoms with E-state index >= 15 is 0 Å². The van der Waals surface area contributed by atoms with E-state index in [4.69, 9.17) is 4.74 Å². The molecule has 4 rings (SSSR count). The van der Waals surface area contributed by atoms with E-state index in [9.17, 15) is 14.4 Å². The first kappa shape index (κ1) is 18.9. The highest BCUT2D eigenvalue weighted by molar-refractivity contribution is 5.96. The average Bonchev–Trinajstić information content (AvgIpc) is 3.52. The van der Waals surface area contributed by atoms with Crippen molar-refractivity contribution in [2.24, 2.45) is 0 Å². The number of carbonyl (C=O) groups is 1. The van der Waals surface area contributed by atoms with Crippen molar-refractivity contribution in [1.29, 1.82) is 0 Å². The molecule has 8 heteroatoms. The number of hydrogen-bond donors (Lipinski definition) is 1. The number of amides is 1. The minimum atomic E-state index is -0.533. The van der Waals surface area contributed by atoms with Crippen LogP contribution in [0, 0.1) is 6.92 Å². The second kappa shape index (κ2) is 7.54. The summed E-state index contributed by atoms with van der Waals surface area (Å²) in [5, 5.41) is 0.242. The summed E-state index contributed by atoms with van der Waals surface area (Å²) in [6.45, 7) is 2.71. The zero-order valence-corrected chi connectivity index (χ0v) is 16.3. The van der Waals surface area contributed by atoms with E-state index in [0.717, 1.165) is 24.2 Å². The Labute approximate surface area is 166 Å². The van der Waals surface area contributed by atoms with Gasteiger partial charge in [0.2, 0.25) is 0 Å². The number of nitrogens with zero attached hydrogens (tertiary/aromatic N) is 3.